The second-order valence-corrected chi connectivity index (χ2v) is 6.97. The van der Waals surface area contributed by atoms with Crippen LogP contribution in [0.2, 0.25) is 0 Å². The molecule has 28 heavy (non-hydrogen) atoms. The topological polar surface area (TPSA) is 94.5 Å². The summed E-state index contributed by atoms with van der Waals surface area (Å²) in [5.74, 6) is 2.18. The molecule has 1 saturated heterocycles. The number of carbonyl (C=O) groups excluding carboxylic acids is 1. The van der Waals surface area contributed by atoms with E-state index >= 15 is 0 Å². The molecule has 4 rings (SSSR count). The van der Waals surface area contributed by atoms with Gasteiger partial charge in [0.15, 0.2) is 12.2 Å². The van der Waals surface area contributed by atoms with E-state index in [4.69, 9.17) is 13.7 Å². The zero-order valence-corrected chi connectivity index (χ0v) is 15.9. The van der Waals surface area contributed by atoms with Crippen LogP contribution >= 0.6 is 0 Å². The van der Waals surface area contributed by atoms with Gasteiger partial charge in [-0.2, -0.15) is 4.98 Å². The predicted molar refractivity (Wildman–Crippen MR) is 99.2 cm³/mol. The largest absolute Gasteiger partial charge is 0.493 e. The Morgan fingerprint density at radius 2 is 2.25 bits per heavy atom. The van der Waals surface area contributed by atoms with E-state index in [9.17, 15) is 4.79 Å². The number of hydrogen-bond donors (Lipinski definition) is 0. The Hall–Kier alpha value is -3.16. The Balaban J connectivity index is 1.31. The molecule has 146 valence electrons. The second-order valence-electron chi connectivity index (χ2n) is 6.97. The summed E-state index contributed by atoms with van der Waals surface area (Å²) >= 11 is 0. The molecule has 1 aromatic carbocycles. The summed E-state index contributed by atoms with van der Waals surface area (Å²) in [6.45, 7) is 5.41. The summed E-state index contributed by atoms with van der Waals surface area (Å²) in [6.07, 6.45) is 2.63. The van der Waals surface area contributed by atoms with Crippen molar-refractivity contribution < 1.29 is 18.5 Å². The lowest BCUT2D eigenvalue weighted by Gasteiger charge is -2.13. The highest BCUT2D eigenvalue weighted by atomic mass is 16.5. The highest BCUT2D eigenvalue weighted by Gasteiger charge is 2.33. The molecular weight excluding hydrogens is 360 g/mol. The first-order valence-corrected chi connectivity index (χ1v) is 9.31. The highest BCUT2D eigenvalue weighted by Crippen LogP contribution is 2.27. The van der Waals surface area contributed by atoms with Crippen LogP contribution in [0.1, 0.15) is 45.9 Å². The predicted octanol–water partition coefficient (Wildman–Crippen LogP) is 2.93. The van der Waals surface area contributed by atoms with Crippen molar-refractivity contribution in [2.24, 2.45) is 0 Å². The van der Waals surface area contributed by atoms with E-state index in [1.165, 1.54) is 6.39 Å². The fourth-order valence-electron chi connectivity index (χ4n) is 3.30. The maximum absolute atomic E-state index is 12.5. The molecule has 2 aromatic heterocycles. The van der Waals surface area contributed by atoms with Crippen LogP contribution in [-0.4, -0.2) is 45.6 Å². The monoisotopic (exact) mass is 382 g/mol. The first kappa shape index (κ1) is 18.2. The van der Waals surface area contributed by atoms with E-state index < -0.39 is 0 Å². The number of hydrogen-bond acceptors (Lipinski definition) is 7. The number of aryl methyl sites for hydroxylation is 2. The number of ether oxygens (including phenoxy) is 1. The van der Waals surface area contributed by atoms with E-state index in [-0.39, 0.29) is 11.8 Å². The van der Waals surface area contributed by atoms with E-state index in [0.717, 1.165) is 17.7 Å². The van der Waals surface area contributed by atoms with Gasteiger partial charge in [0.1, 0.15) is 5.75 Å². The molecule has 0 spiro atoms. The lowest BCUT2D eigenvalue weighted by atomic mass is 10.1. The van der Waals surface area contributed by atoms with Crippen LogP contribution in [-0.2, 0) is 6.42 Å². The SMILES string of the molecule is Cc1cccc(OCCc2noc(C3CCN(C(=O)c4ocnc4C)C3)n2)c1. The number of aromatic nitrogens is 3. The Labute approximate surface area is 162 Å². The van der Waals surface area contributed by atoms with Gasteiger partial charge in [-0.25, -0.2) is 4.98 Å². The van der Waals surface area contributed by atoms with Crippen molar-refractivity contribution in [2.45, 2.75) is 32.6 Å². The molecule has 1 aliphatic heterocycles. The molecule has 8 heteroatoms. The Kier molecular flexibility index (Phi) is 5.10. The van der Waals surface area contributed by atoms with Gasteiger partial charge in [-0.15, -0.1) is 0 Å². The maximum atomic E-state index is 12.5. The summed E-state index contributed by atoms with van der Waals surface area (Å²) in [5, 5.41) is 4.05. The van der Waals surface area contributed by atoms with Crippen molar-refractivity contribution in [1.82, 2.24) is 20.0 Å². The number of benzene rings is 1. The second kappa shape index (κ2) is 7.84. The molecule has 0 bridgehead atoms. The normalized spacial score (nSPS) is 16.5. The average Bonchev–Trinajstić information content (AvgIpc) is 3.41. The number of nitrogens with zero attached hydrogens (tertiary/aromatic N) is 4. The minimum atomic E-state index is -0.149. The number of likely N-dealkylation sites (tertiary alicyclic amines) is 1. The number of rotatable bonds is 6. The first-order chi connectivity index (χ1) is 13.6. The molecule has 1 unspecified atom stereocenters. The lowest BCUT2D eigenvalue weighted by molar-refractivity contribution is 0.0757. The van der Waals surface area contributed by atoms with E-state index in [0.29, 0.717) is 49.3 Å². The summed E-state index contributed by atoms with van der Waals surface area (Å²) in [7, 11) is 0. The van der Waals surface area contributed by atoms with Crippen LogP contribution in [0.3, 0.4) is 0 Å². The Bertz CT molecular complexity index is 965. The third-order valence-corrected chi connectivity index (χ3v) is 4.83. The average molecular weight is 382 g/mol. The van der Waals surface area contributed by atoms with Crippen molar-refractivity contribution >= 4 is 5.91 Å². The van der Waals surface area contributed by atoms with Crippen LogP contribution in [0.15, 0.2) is 39.6 Å². The molecule has 0 radical (unpaired) electrons. The highest BCUT2D eigenvalue weighted by molar-refractivity contribution is 5.92. The van der Waals surface area contributed by atoms with Crippen LogP contribution < -0.4 is 4.74 Å². The van der Waals surface area contributed by atoms with Gasteiger partial charge in [0, 0.05) is 19.5 Å². The van der Waals surface area contributed by atoms with Crippen molar-refractivity contribution in [3.8, 4) is 5.75 Å². The minimum Gasteiger partial charge on any atom is -0.493 e. The van der Waals surface area contributed by atoms with Crippen LogP contribution in [0.25, 0.3) is 0 Å². The van der Waals surface area contributed by atoms with E-state index in [1.54, 1.807) is 11.8 Å². The van der Waals surface area contributed by atoms with Crippen molar-refractivity contribution in [2.75, 3.05) is 19.7 Å². The molecule has 1 atom stereocenters. The standard InChI is InChI=1S/C20H22N4O4/c1-13-4-3-5-16(10-13)26-9-7-17-22-19(28-23-17)15-6-8-24(11-15)20(25)18-14(2)21-12-27-18/h3-5,10,12,15H,6-9,11H2,1-2H3. The summed E-state index contributed by atoms with van der Waals surface area (Å²) in [4.78, 5) is 22.7. The van der Waals surface area contributed by atoms with Crippen molar-refractivity contribution in [1.29, 1.82) is 0 Å². The molecule has 3 aromatic rings. The van der Waals surface area contributed by atoms with Gasteiger partial charge in [0.25, 0.3) is 5.91 Å². The number of oxazole rings is 1. The quantitative estimate of drug-likeness (QED) is 0.647. The van der Waals surface area contributed by atoms with Gasteiger partial charge >= 0.3 is 0 Å². The zero-order valence-electron chi connectivity index (χ0n) is 15.9. The molecule has 8 nitrogen and oxygen atoms in total. The summed E-state index contributed by atoms with van der Waals surface area (Å²) < 4.78 is 16.4. The molecule has 1 amide bonds. The minimum absolute atomic E-state index is 0.0334. The molecule has 1 aliphatic rings. The lowest BCUT2D eigenvalue weighted by Crippen LogP contribution is -2.28. The van der Waals surface area contributed by atoms with Crippen LogP contribution in [0.4, 0.5) is 0 Å². The van der Waals surface area contributed by atoms with Crippen molar-refractivity contribution in [3.05, 3.63) is 59.4 Å². The van der Waals surface area contributed by atoms with Gasteiger partial charge in [0.2, 0.25) is 11.7 Å². The zero-order chi connectivity index (χ0) is 19.5. The van der Waals surface area contributed by atoms with Crippen molar-refractivity contribution in [3.63, 3.8) is 0 Å². The van der Waals surface area contributed by atoms with Gasteiger partial charge in [-0.1, -0.05) is 17.3 Å². The Morgan fingerprint density at radius 1 is 1.36 bits per heavy atom. The molecule has 0 aliphatic carbocycles. The van der Waals surface area contributed by atoms with Gasteiger partial charge in [-0.3, -0.25) is 4.79 Å². The van der Waals surface area contributed by atoms with Crippen LogP contribution in [0.5, 0.6) is 5.75 Å². The van der Waals surface area contributed by atoms with Crippen LogP contribution in [0, 0.1) is 13.8 Å². The smallest absolute Gasteiger partial charge is 0.291 e. The molecule has 0 N–H and O–H groups in total. The number of amides is 1. The first-order valence-electron chi connectivity index (χ1n) is 9.31. The third kappa shape index (κ3) is 3.90. The van der Waals surface area contributed by atoms with Gasteiger partial charge < -0.3 is 18.6 Å². The third-order valence-electron chi connectivity index (χ3n) is 4.83. The fraction of sp³-hybridized carbons (Fsp3) is 0.400. The molecule has 0 saturated carbocycles. The fourth-order valence-corrected chi connectivity index (χ4v) is 3.30. The molecule has 1 fully saturated rings. The summed E-state index contributed by atoms with van der Waals surface area (Å²) in [5.41, 5.74) is 1.75. The molecular formula is C20H22N4O4. The van der Waals surface area contributed by atoms with Gasteiger partial charge in [-0.05, 0) is 38.0 Å². The summed E-state index contributed by atoms with van der Waals surface area (Å²) in [6, 6.07) is 7.90. The number of carbonyl (C=O) groups is 1. The maximum Gasteiger partial charge on any atom is 0.291 e. The van der Waals surface area contributed by atoms with E-state index in [1.807, 2.05) is 31.2 Å². The van der Waals surface area contributed by atoms with E-state index in [2.05, 4.69) is 15.1 Å². The Morgan fingerprint density at radius 3 is 3.04 bits per heavy atom. The van der Waals surface area contributed by atoms with Gasteiger partial charge in [0.05, 0.1) is 18.2 Å². The molecule has 3 heterocycles.